The molecule has 0 unspecified atom stereocenters. The van der Waals surface area contributed by atoms with Crippen LogP contribution in [-0.2, 0) is 17.8 Å². The summed E-state index contributed by atoms with van der Waals surface area (Å²) in [7, 11) is 1.53. The number of morpholine rings is 1. The third-order valence-corrected chi connectivity index (χ3v) is 5.68. The third-order valence-electron chi connectivity index (χ3n) is 4.80. The number of nitro benzene ring substituents is 2. The summed E-state index contributed by atoms with van der Waals surface area (Å²) in [5, 5.41) is 25.3. The number of aromatic nitrogens is 1. The van der Waals surface area contributed by atoms with Gasteiger partial charge in [-0.3, -0.25) is 29.9 Å². The first-order chi connectivity index (χ1) is 14.3. The SMILES string of the molecule is Cc1c([N+](=O)[O-])cc(C(=O)N(C)Cc2csc(CN3CCOCC3)n2)cc1[N+](=O)[O-]. The van der Waals surface area contributed by atoms with E-state index in [1.54, 1.807) is 0 Å². The molecule has 0 radical (unpaired) electrons. The van der Waals surface area contributed by atoms with Gasteiger partial charge in [-0.2, -0.15) is 0 Å². The number of hydrogen-bond acceptors (Lipinski definition) is 9. The summed E-state index contributed by atoms with van der Waals surface area (Å²) >= 11 is 1.50. The molecule has 1 aliphatic rings. The number of rotatable bonds is 7. The summed E-state index contributed by atoms with van der Waals surface area (Å²) in [6.07, 6.45) is 0. The van der Waals surface area contributed by atoms with Crippen LogP contribution in [0.1, 0.15) is 26.6 Å². The minimum atomic E-state index is -0.725. The molecule has 11 nitrogen and oxygen atoms in total. The fraction of sp³-hybridized carbons (Fsp3) is 0.444. The summed E-state index contributed by atoms with van der Waals surface area (Å²) in [6.45, 7) is 5.28. The lowest BCUT2D eigenvalue weighted by atomic mass is 10.1. The Hall–Kier alpha value is -2.96. The van der Waals surface area contributed by atoms with Crippen molar-refractivity contribution in [1.82, 2.24) is 14.8 Å². The molecule has 0 N–H and O–H groups in total. The zero-order chi connectivity index (χ0) is 21.8. The fourth-order valence-electron chi connectivity index (χ4n) is 3.17. The van der Waals surface area contributed by atoms with Gasteiger partial charge in [0.15, 0.2) is 0 Å². The van der Waals surface area contributed by atoms with Crippen molar-refractivity contribution in [3.8, 4) is 0 Å². The smallest absolute Gasteiger partial charge is 0.279 e. The number of benzene rings is 1. The second kappa shape index (κ2) is 9.24. The molecule has 2 heterocycles. The van der Waals surface area contributed by atoms with Gasteiger partial charge in [-0.15, -0.1) is 11.3 Å². The predicted octanol–water partition coefficient (Wildman–Crippen LogP) is 2.37. The van der Waals surface area contributed by atoms with Crippen LogP contribution >= 0.6 is 11.3 Å². The average Bonchev–Trinajstić information content (AvgIpc) is 3.14. The van der Waals surface area contributed by atoms with E-state index in [0.717, 1.165) is 30.2 Å². The minimum absolute atomic E-state index is 0.0866. The highest BCUT2D eigenvalue weighted by Crippen LogP contribution is 2.30. The molecule has 30 heavy (non-hydrogen) atoms. The van der Waals surface area contributed by atoms with Gasteiger partial charge in [-0.25, -0.2) is 4.98 Å². The largest absolute Gasteiger partial charge is 0.379 e. The van der Waals surface area contributed by atoms with E-state index < -0.39 is 27.1 Å². The van der Waals surface area contributed by atoms with Crippen LogP contribution in [0.5, 0.6) is 0 Å². The molecule has 0 aliphatic carbocycles. The van der Waals surface area contributed by atoms with Gasteiger partial charge in [0.05, 0.1) is 47.4 Å². The maximum Gasteiger partial charge on any atom is 0.279 e. The van der Waals surface area contributed by atoms with Crippen LogP contribution in [-0.4, -0.2) is 63.9 Å². The molecule has 0 spiro atoms. The van der Waals surface area contributed by atoms with Gasteiger partial charge in [0, 0.05) is 37.6 Å². The molecular weight excluding hydrogens is 414 g/mol. The van der Waals surface area contributed by atoms with Crippen molar-refractivity contribution < 1.29 is 19.4 Å². The Morgan fingerprint density at radius 2 is 1.83 bits per heavy atom. The van der Waals surface area contributed by atoms with Gasteiger partial charge in [-0.05, 0) is 6.92 Å². The number of ether oxygens (including phenoxy) is 1. The van der Waals surface area contributed by atoms with Gasteiger partial charge in [0.1, 0.15) is 10.6 Å². The Kier molecular flexibility index (Phi) is 6.70. The summed E-state index contributed by atoms with van der Waals surface area (Å²) in [6, 6.07) is 2.15. The summed E-state index contributed by atoms with van der Waals surface area (Å²) in [5.74, 6) is -0.552. The molecular formula is C18H21N5O6S. The molecule has 1 amide bonds. The summed E-state index contributed by atoms with van der Waals surface area (Å²) < 4.78 is 5.33. The molecule has 3 rings (SSSR count). The van der Waals surface area contributed by atoms with E-state index >= 15 is 0 Å². The van der Waals surface area contributed by atoms with E-state index in [4.69, 9.17) is 4.74 Å². The van der Waals surface area contributed by atoms with Crippen molar-refractivity contribution in [3.05, 3.63) is 59.6 Å². The molecule has 1 fully saturated rings. The van der Waals surface area contributed by atoms with Crippen molar-refractivity contribution >= 4 is 28.6 Å². The lowest BCUT2D eigenvalue weighted by Gasteiger charge is -2.25. The van der Waals surface area contributed by atoms with Crippen LogP contribution in [0.25, 0.3) is 0 Å². The zero-order valence-corrected chi connectivity index (χ0v) is 17.4. The maximum absolute atomic E-state index is 12.8. The van der Waals surface area contributed by atoms with Crippen LogP contribution in [0.4, 0.5) is 11.4 Å². The first kappa shape index (κ1) is 21.7. The topological polar surface area (TPSA) is 132 Å². The third kappa shape index (κ3) is 4.96. The van der Waals surface area contributed by atoms with E-state index in [2.05, 4.69) is 9.88 Å². The first-order valence-electron chi connectivity index (χ1n) is 9.18. The highest BCUT2D eigenvalue weighted by molar-refractivity contribution is 7.09. The lowest BCUT2D eigenvalue weighted by molar-refractivity contribution is -0.395. The van der Waals surface area contributed by atoms with Crippen molar-refractivity contribution in [3.63, 3.8) is 0 Å². The van der Waals surface area contributed by atoms with E-state index in [-0.39, 0.29) is 17.7 Å². The van der Waals surface area contributed by atoms with Crippen molar-refractivity contribution in [2.45, 2.75) is 20.0 Å². The van der Waals surface area contributed by atoms with Crippen LogP contribution < -0.4 is 0 Å². The molecule has 1 aliphatic heterocycles. The molecule has 2 aromatic rings. The van der Waals surface area contributed by atoms with Crippen molar-refractivity contribution in [2.75, 3.05) is 33.4 Å². The van der Waals surface area contributed by atoms with Gasteiger partial charge >= 0.3 is 0 Å². The lowest BCUT2D eigenvalue weighted by Crippen LogP contribution is -2.35. The maximum atomic E-state index is 12.8. The predicted molar refractivity (Wildman–Crippen MR) is 108 cm³/mol. The van der Waals surface area contributed by atoms with Crippen LogP contribution in [0.15, 0.2) is 17.5 Å². The van der Waals surface area contributed by atoms with E-state index in [0.29, 0.717) is 25.5 Å². The quantitative estimate of drug-likeness (QED) is 0.478. The van der Waals surface area contributed by atoms with Gasteiger partial charge < -0.3 is 9.64 Å². The normalized spacial score (nSPS) is 14.5. The first-order valence-corrected chi connectivity index (χ1v) is 10.1. The Morgan fingerprint density at radius 3 is 2.40 bits per heavy atom. The number of nitro groups is 2. The molecule has 0 atom stereocenters. The molecule has 1 aromatic carbocycles. The number of nitrogens with zero attached hydrogens (tertiary/aromatic N) is 5. The molecule has 0 bridgehead atoms. The van der Waals surface area contributed by atoms with Crippen molar-refractivity contribution in [2.24, 2.45) is 0 Å². The molecule has 0 saturated carbocycles. The second-order valence-corrected chi connectivity index (χ2v) is 7.88. The van der Waals surface area contributed by atoms with Crippen LogP contribution in [0.2, 0.25) is 0 Å². The van der Waals surface area contributed by atoms with Crippen LogP contribution in [0.3, 0.4) is 0 Å². The second-order valence-electron chi connectivity index (χ2n) is 6.94. The number of hydrogen-bond donors (Lipinski definition) is 0. The summed E-state index contributed by atoms with van der Waals surface area (Å²) in [4.78, 5) is 41.9. The molecule has 1 saturated heterocycles. The zero-order valence-electron chi connectivity index (χ0n) is 16.6. The van der Waals surface area contributed by atoms with E-state index in [9.17, 15) is 25.0 Å². The van der Waals surface area contributed by atoms with E-state index in [1.165, 1.54) is 30.2 Å². The molecule has 160 valence electrons. The number of carbonyl (C=O) groups excluding carboxylic acids is 1. The minimum Gasteiger partial charge on any atom is -0.379 e. The van der Waals surface area contributed by atoms with Gasteiger partial charge in [0.2, 0.25) is 0 Å². The summed E-state index contributed by atoms with van der Waals surface area (Å²) in [5.41, 5.74) is -0.415. The molecule has 12 heteroatoms. The number of amides is 1. The van der Waals surface area contributed by atoms with Crippen molar-refractivity contribution in [1.29, 1.82) is 0 Å². The number of carbonyl (C=O) groups is 1. The van der Waals surface area contributed by atoms with E-state index in [1.807, 2.05) is 5.38 Å². The highest BCUT2D eigenvalue weighted by atomic mass is 32.1. The monoisotopic (exact) mass is 435 g/mol. The Labute approximate surface area is 176 Å². The Balaban J connectivity index is 1.73. The Morgan fingerprint density at radius 1 is 1.23 bits per heavy atom. The average molecular weight is 435 g/mol. The fourth-order valence-corrected chi connectivity index (χ4v) is 3.99. The van der Waals surface area contributed by atoms with Gasteiger partial charge in [0.25, 0.3) is 17.3 Å². The Bertz CT molecular complexity index is 937. The highest BCUT2D eigenvalue weighted by Gasteiger charge is 2.26. The van der Waals surface area contributed by atoms with Crippen LogP contribution in [0, 0.1) is 27.2 Å². The van der Waals surface area contributed by atoms with Gasteiger partial charge in [-0.1, -0.05) is 0 Å². The number of thiazole rings is 1. The molecule has 1 aromatic heterocycles. The standard InChI is InChI=1S/C18H21N5O6S/c1-12-15(22(25)26)7-13(8-16(12)23(27)28)18(24)20(2)9-14-11-30-17(19-14)10-21-3-5-29-6-4-21/h7-8,11H,3-6,9-10H2,1-2H3.